The van der Waals surface area contributed by atoms with Crippen LogP contribution >= 0.6 is 0 Å². The van der Waals surface area contributed by atoms with Crippen molar-refractivity contribution in [1.82, 2.24) is 24.5 Å². The number of aryl methyl sites for hydroxylation is 3. The summed E-state index contributed by atoms with van der Waals surface area (Å²) in [6.07, 6.45) is 1.17. The van der Waals surface area contributed by atoms with Crippen LogP contribution in [0.4, 0.5) is 0 Å². The quantitative estimate of drug-likeness (QED) is 0.722. The van der Waals surface area contributed by atoms with Gasteiger partial charge < -0.3 is 9.09 Å². The van der Waals surface area contributed by atoms with E-state index in [-0.39, 0.29) is 0 Å². The van der Waals surface area contributed by atoms with Crippen LogP contribution in [0.25, 0.3) is 11.0 Å². The zero-order valence-corrected chi connectivity index (χ0v) is 15.9. The smallest absolute Gasteiger partial charge is 0.138 e. The number of aromatic nitrogens is 3. The Hall–Kier alpha value is -2.18. The second-order valence-corrected chi connectivity index (χ2v) is 7.28. The third-order valence-electron chi connectivity index (χ3n) is 5.49. The zero-order valence-electron chi connectivity index (χ0n) is 15.9. The van der Waals surface area contributed by atoms with Gasteiger partial charge in [0.25, 0.3) is 0 Å². The second-order valence-electron chi connectivity index (χ2n) is 7.28. The maximum Gasteiger partial charge on any atom is 0.138 e. The van der Waals surface area contributed by atoms with E-state index in [1.165, 1.54) is 17.5 Å². The first kappa shape index (κ1) is 17.2. The van der Waals surface area contributed by atoms with Gasteiger partial charge >= 0.3 is 0 Å². The van der Waals surface area contributed by atoms with Gasteiger partial charge in [-0.15, -0.1) is 0 Å². The molecule has 0 aliphatic carbocycles. The van der Waals surface area contributed by atoms with Crippen molar-refractivity contribution < 1.29 is 4.52 Å². The van der Waals surface area contributed by atoms with Crippen molar-refractivity contribution in [3.8, 4) is 0 Å². The lowest BCUT2D eigenvalue weighted by atomic mass is 10.2. The predicted molar refractivity (Wildman–Crippen MR) is 102 cm³/mol. The molecule has 1 fully saturated rings. The van der Waals surface area contributed by atoms with Crippen molar-refractivity contribution in [2.45, 2.75) is 33.4 Å². The second kappa shape index (κ2) is 7.21. The number of hydrogen-bond acceptors (Lipinski definition) is 5. The monoisotopic (exact) mass is 353 g/mol. The van der Waals surface area contributed by atoms with Crippen molar-refractivity contribution in [3.05, 3.63) is 47.1 Å². The van der Waals surface area contributed by atoms with E-state index in [0.29, 0.717) is 0 Å². The highest BCUT2D eigenvalue weighted by Gasteiger charge is 2.19. The third-order valence-corrected chi connectivity index (χ3v) is 5.49. The van der Waals surface area contributed by atoms with Crippen LogP contribution in [-0.4, -0.2) is 50.7 Å². The summed E-state index contributed by atoms with van der Waals surface area (Å²) < 4.78 is 7.54. The van der Waals surface area contributed by atoms with Crippen molar-refractivity contribution in [2.24, 2.45) is 7.05 Å². The number of imidazole rings is 1. The highest BCUT2D eigenvalue weighted by Crippen LogP contribution is 2.18. The maximum atomic E-state index is 5.31. The summed E-state index contributed by atoms with van der Waals surface area (Å²) in [6, 6.07) is 8.36. The lowest BCUT2D eigenvalue weighted by Gasteiger charge is -2.21. The van der Waals surface area contributed by atoms with Crippen LogP contribution in [0.15, 0.2) is 28.8 Å². The molecule has 0 unspecified atom stereocenters. The molecule has 3 aromatic rings. The fraction of sp³-hybridized carbons (Fsp3) is 0.500. The number of nitrogens with zero attached hydrogens (tertiary/aromatic N) is 5. The average Bonchev–Trinajstić information content (AvgIpc) is 3.01. The largest absolute Gasteiger partial charge is 0.361 e. The molecule has 26 heavy (non-hydrogen) atoms. The molecule has 4 rings (SSSR count). The number of benzene rings is 1. The van der Waals surface area contributed by atoms with Crippen molar-refractivity contribution in [2.75, 3.05) is 26.2 Å². The molecule has 3 heterocycles. The molecule has 0 amide bonds. The fourth-order valence-corrected chi connectivity index (χ4v) is 3.83. The first-order valence-electron chi connectivity index (χ1n) is 9.38. The van der Waals surface area contributed by atoms with Gasteiger partial charge in [0.2, 0.25) is 0 Å². The van der Waals surface area contributed by atoms with Gasteiger partial charge in [-0.3, -0.25) is 9.80 Å². The minimum Gasteiger partial charge on any atom is -0.361 e. The van der Waals surface area contributed by atoms with Crippen LogP contribution in [0.2, 0.25) is 0 Å². The Morgan fingerprint density at radius 3 is 2.42 bits per heavy atom. The van der Waals surface area contributed by atoms with Crippen LogP contribution in [0, 0.1) is 13.8 Å². The van der Waals surface area contributed by atoms with E-state index in [1.807, 2.05) is 13.8 Å². The van der Waals surface area contributed by atoms with Gasteiger partial charge in [0.1, 0.15) is 11.6 Å². The molecule has 1 aliphatic rings. The van der Waals surface area contributed by atoms with E-state index >= 15 is 0 Å². The van der Waals surface area contributed by atoms with Crippen molar-refractivity contribution in [1.29, 1.82) is 0 Å². The van der Waals surface area contributed by atoms with E-state index in [1.54, 1.807) is 0 Å². The number of para-hydroxylation sites is 2. The summed E-state index contributed by atoms with van der Waals surface area (Å²) in [6.45, 7) is 10.2. The van der Waals surface area contributed by atoms with Crippen LogP contribution in [-0.2, 0) is 20.1 Å². The third kappa shape index (κ3) is 3.39. The SMILES string of the molecule is Cc1noc(C)c1CN1CCCN(Cc2nc3ccccc3n2C)CC1. The Kier molecular flexibility index (Phi) is 4.78. The summed E-state index contributed by atoms with van der Waals surface area (Å²) in [5, 5.41) is 4.08. The Morgan fingerprint density at radius 2 is 1.73 bits per heavy atom. The molecule has 138 valence electrons. The molecule has 2 aromatic heterocycles. The Bertz CT molecular complexity index is 877. The number of rotatable bonds is 4. The first-order valence-corrected chi connectivity index (χ1v) is 9.38. The number of hydrogen-bond donors (Lipinski definition) is 0. The summed E-state index contributed by atoms with van der Waals surface area (Å²) in [4.78, 5) is 9.86. The van der Waals surface area contributed by atoms with Crippen LogP contribution < -0.4 is 0 Å². The number of fused-ring (bicyclic) bond motifs is 1. The predicted octanol–water partition coefficient (Wildman–Crippen LogP) is 2.89. The standard InChI is InChI=1S/C20H27N5O/c1-15-17(16(2)26-22-15)13-24-9-6-10-25(12-11-24)14-20-21-18-7-4-5-8-19(18)23(20)3/h4-5,7-8H,6,9-14H2,1-3H3. The summed E-state index contributed by atoms with van der Waals surface area (Å²) in [5.41, 5.74) is 4.55. The topological polar surface area (TPSA) is 50.3 Å². The van der Waals surface area contributed by atoms with Gasteiger partial charge in [0.05, 0.1) is 23.3 Å². The molecular weight excluding hydrogens is 326 g/mol. The van der Waals surface area contributed by atoms with E-state index in [9.17, 15) is 0 Å². The first-order chi connectivity index (χ1) is 12.6. The van der Waals surface area contributed by atoms with Gasteiger partial charge in [-0.05, 0) is 45.5 Å². The fourth-order valence-electron chi connectivity index (χ4n) is 3.83. The molecule has 0 N–H and O–H groups in total. The van der Waals surface area contributed by atoms with Gasteiger partial charge in [0, 0.05) is 32.2 Å². The van der Waals surface area contributed by atoms with E-state index in [0.717, 1.165) is 62.1 Å². The average molecular weight is 353 g/mol. The molecule has 6 heteroatoms. The zero-order chi connectivity index (χ0) is 18.1. The molecule has 6 nitrogen and oxygen atoms in total. The lowest BCUT2D eigenvalue weighted by Crippen LogP contribution is -2.31. The molecule has 0 radical (unpaired) electrons. The molecular formula is C20H27N5O. The van der Waals surface area contributed by atoms with Crippen molar-refractivity contribution >= 4 is 11.0 Å². The molecule has 0 saturated carbocycles. The van der Waals surface area contributed by atoms with Gasteiger partial charge in [-0.2, -0.15) is 0 Å². The Balaban J connectivity index is 1.41. The van der Waals surface area contributed by atoms with E-state index in [4.69, 9.17) is 9.51 Å². The Labute approximate surface area is 154 Å². The minimum absolute atomic E-state index is 0.907. The van der Waals surface area contributed by atoms with Gasteiger partial charge in [-0.25, -0.2) is 4.98 Å². The molecule has 1 aromatic carbocycles. The Morgan fingerprint density at radius 1 is 1.00 bits per heavy atom. The maximum absolute atomic E-state index is 5.31. The minimum atomic E-state index is 0.907. The van der Waals surface area contributed by atoms with Gasteiger partial charge in [-0.1, -0.05) is 17.3 Å². The molecule has 0 atom stereocenters. The van der Waals surface area contributed by atoms with E-state index in [2.05, 4.69) is 50.8 Å². The van der Waals surface area contributed by atoms with Crippen LogP contribution in [0.5, 0.6) is 0 Å². The van der Waals surface area contributed by atoms with Crippen molar-refractivity contribution in [3.63, 3.8) is 0 Å². The van der Waals surface area contributed by atoms with Crippen LogP contribution in [0.3, 0.4) is 0 Å². The van der Waals surface area contributed by atoms with Crippen LogP contribution in [0.1, 0.15) is 29.3 Å². The van der Waals surface area contributed by atoms with Gasteiger partial charge in [0.15, 0.2) is 0 Å². The molecule has 1 saturated heterocycles. The highest BCUT2D eigenvalue weighted by atomic mass is 16.5. The summed E-state index contributed by atoms with van der Waals surface area (Å²) in [5.74, 6) is 2.09. The lowest BCUT2D eigenvalue weighted by molar-refractivity contribution is 0.241. The summed E-state index contributed by atoms with van der Waals surface area (Å²) in [7, 11) is 2.12. The molecule has 0 spiro atoms. The molecule has 0 bridgehead atoms. The highest BCUT2D eigenvalue weighted by molar-refractivity contribution is 5.75. The molecule has 1 aliphatic heterocycles. The van der Waals surface area contributed by atoms with E-state index < -0.39 is 0 Å². The normalized spacial score (nSPS) is 17.0. The summed E-state index contributed by atoms with van der Waals surface area (Å²) >= 11 is 0.